The summed E-state index contributed by atoms with van der Waals surface area (Å²) in [5, 5.41) is 2.53. The van der Waals surface area contributed by atoms with Crippen LogP contribution in [0.3, 0.4) is 0 Å². The summed E-state index contributed by atoms with van der Waals surface area (Å²) < 4.78 is 41.8. The van der Waals surface area contributed by atoms with Gasteiger partial charge in [0.05, 0.1) is 10.6 Å². The molecule has 1 N–H and O–H groups in total. The van der Waals surface area contributed by atoms with E-state index < -0.39 is 40.2 Å². The Kier molecular flexibility index (Phi) is 8.47. The molecule has 0 fully saturated rings. The van der Waals surface area contributed by atoms with Gasteiger partial charge in [0.2, 0.25) is 11.8 Å². The van der Waals surface area contributed by atoms with Gasteiger partial charge in [0, 0.05) is 13.6 Å². The zero-order valence-electron chi connectivity index (χ0n) is 20.7. The highest BCUT2D eigenvalue weighted by atomic mass is 32.2. The molecule has 190 valence electrons. The molecule has 0 saturated carbocycles. The monoisotopic (exact) mass is 511 g/mol. The van der Waals surface area contributed by atoms with Gasteiger partial charge in [-0.1, -0.05) is 36.4 Å². The number of nitrogens with zero attached hydrogens (tertiary/aromatic N) is 2. The number of sulfonamides is 1. The van der Waals surface area contributed by atoms with E-state index in [1.54, 1.807) is 43.3 Å². The van der Waals surface area contributed by atoms with Crippen LogP contribution < -0.4 is 9.62 Å². The van der Waals surface area contributed by atoms with Gasteiger partial charge in [-0.2, -0.15) is 0 Å². The SMILES string of the molecule is CNC(=O)[C@H](C)N(Cc1ccc(F)cc1)C(=O)CN(c1ccc(C)c(C)c1)S(=O)(=O)c1ccccc1. The number of aryl methyl sites for hydroxylation is 2. The van der Waals surface area contributed by atoms with Crippen LogP contribution in [-0.2, 0) is 26.2 Å². The zero-order valence-corrected chi connectivity index (χ0v) is 21.5. The number of nitrogens with one attached hydrogen (secondary N) is 1. The maximum Gasteiger partial charge on any atom is 0.264 e. The van der Waals surface area contributed by atoms with Crippen LogP contribution in [0.1, 0.15) is 23.6 Å². The third kappa shape index (κ3) is 6.09. The van der Waals surface area contributed by atoms with Crippen LogP contribution in [0.4, 0.5) is 10.1 Å². The summed E-state index contributed by atoms with van der Waals surface area (Å²) in [5.41, 5.74) is 2.79. The molecule has 0 bridgehead atoms. The third-order valence-electron chi connectivity index (χ3n) is 6.07. The molecule has 0 spiro atoms. The zero-order chi connectivity index (χ0) is 26.5. The molecule has 0 unspecified atom stereocenters. The molecule has 3 aromatic rings. The van der Waals surface area contributed by atoms with Crippen molar-refractivity contribution in [1.29, 1.82) is 0 Å². The molecule has 7 nitrogen and oxygen atoms in total. The Bertz CT molecular complexity index is 1330. The molecule has 3 aromatic carbocycles. The number of amides is 2. The fourth-order valence-electron chi connectivity index (χ4n) is 3.71. The van der Waals surface area contributed by atoms with Crippen molar-refractivity contribution in [3.8, 4) is 0 Å². The van der Waals surface area contributed by atoms with Crippen LogP contribution in [-0.4, -0.2) is 44.8 Å². The second-order valence-corrected chi connectivity index (χ2v) is 10.4. The van der Waals surface area contributed by atoms with Crippen LogP contribution >= 0.6 is 0 Å². The fourth-order valence-corrected chi connectivity index (χ4v) is 5.13. The van der Waals surface area contributed by atoms with E-state index in [2.05, 4.69) is 5.32 Å². The summed E-state index contributed by atoms with van der Waals surface area (Å²) in [5.74, 6) is -1.41. The minimum absolute atomic E-state index is 0.000149. The summed E-state index contributed by atoms with van der Waals surface area (Å²) in [6, 6.07) is 17.7. The molecular formula is C27H30FN3O4S. The highest BCUT2D eigenvalue weighted by molar-refractivity contribution is 7.92. The molecule has 0 aliphatic carbocycles. The predicted molar refractivity (Wildman–Crippen MR) is 137 cm³/mol. The summed E-state index contributed by atoms with van der Waals surface area (Å²) in [6.45, 7) is 4.81. The molecule has 0 aliphatic rings. The smallest absolute Gasteiger partial charge is 0.264 e. The molecule has 0 heterocycles. The van der Waals surface area contributed by atoms with Gasteiger partial charge in [-0.3, -0.25) is 13.9 Å². The van der Waals surface area contributed by atoms with Gasteiger partial charge in [-0.25, -0.2) is 12.8 Å². The van der Waals surface area contributed by atoms with Crippen molar-refractivity contribution in [1.82, 2.24) is 10.2 Å². The van der Waals surface area contributed by atoms with Crippen molar-refractivity contribution in [2.45, 2.75) is 38.3 Å². The van der Waals surface area contributed by atoms with Crippen LogP contribution in [0.25, 0.3) is 0 Å². The van der Waals surface area contributed by atoms with E-state index >= 15 is 0 Å². The highest BCUT2D eigenvalue weighted by Gasteiger charge is 2.32. The second-order valence-electron chi connectivity index (χ2n) is 8.53. The lowest BCUT2D eigenvalue weighted by molar-refractivity contribution is -0.139. The highest BCUT2D eigenvalue weighted by Crippen LogP contribution is 2.26. The lowest BCUT2D eigenvalue weighted by Crippen LogP contribution is -2.50. The lowest BCUT2D eigenvalue weighted by atomic mass is 10.1. The molecule has 36 heavy (non-hydrogen) atoms. The van der Waals surface area contributed by atoms with E-state index in [0.717, 1.165) is 15.4 Å². The van der Waals surface area contributed by atoms with Crippen molar-refractivity contribution in [3.05, 3.63) is 95.3 Å². The van der Waals surface area contributed by atoms with Gasteiger partial charge in [-0.05, 0) is 73.9 Å². The Morgan fingerprint density at radius 2 is 1.58 bits per heavy atom. The van der Waals surface area contributed by atoms with E-state index in [4.69, 9.17) is 0 Å². The number of hydrogen-bond acceptors (Lipinski definition) is 4. The number of hydrogen-bond donors (Lipinski definition) is 1. The summed E-state index contributed by atoms with van der Waals surface area (Å²) in [4.78, 5) is 27.5. The summed E-state index contributed by atoms with van der Waals surface area (Å²) >= 11 is 0. The quantitative estimate of drug-likeness (QED) is 0.474. The van der Waals surface area contributed by atoms with Crippen LogP contribution in [0.5, 0.6) is 0 Å². The van der Waals surface area contributed by atoms with Crippen molar-refractivity contribution >= 4 is 27.5 Å². The van der Waals surface area contributed by atoms with Crippen molar-refractivity contribution in [2.75, 3.05) is 17.9 Å². The molecule has 2 amide bonds. The first kappa shape index (κ1) is 26.9. The Labute approximate surface area is 211 Å². The van der Waals surface area contributed by atoms with E-state index in [9.17, 15) is 22.4 Å². The summed E-state index contributed by atoms with van der Waals surface area (Å²) in [7, 11) is -2.65. The third-order valence-corrected chi connectivity index (χ3v) is 7.86. The van der Waals surface area contributed by atoms with Gasteiger partial charge in [0.1, 0.15) is 18.4 Å². The number of carbonyl (C=O) groups is 2. The first-order valence-corrected chi connectivity index (χ1v) is 12.9. The molecule has 0 radical (unpaired) electrons. The standard InChI is InChI=1S/C27H30FN3O4S/c1-19-10-15-24(16-20(19)2)31(36(34,35)25-8-6-5-7-9-25)18-26(32)30(21(3)27(33)29-4)17-22-11-13-23(28)14-12-22/h5-16,21H,17-18H2,1-4H3,(H,29,33)/t21-/m0/s1. The minimum Gasteiger partial charge on any atom is -0.357 e. The van der Waals surface area contributed by atoms with E-state index in [0.29, 0.717) is 11.3 Å². The average Bonchev–Trinajstić information content (AvgIpc) is 2.88. The minimum atomic E-state index is -4.11. The molecule has 3 rings (SSSR count). The molecular weight excluding hydrogens is 481 g/mol. The number of anilines is 1. The van der Waals surface area contributed by atoms with Crippen LogP contribution in [0.15, 0.2) is 77.7 Å². The molecule has 0 saturated heterocycles. The van der Waals surface area contributed by atoms with E-state index in [-0.39, 0.29) is 11.4 Å². The lowest BCUT2D eigenvalue weighted by Gasteiger charge is -2.32. The van der Waals surface area contributed by atoms with E-state index in [1.165, 1.54) is 48.3 Å². The average molecular weight is 512 g/mol. The van der Waals surface area contributed by atoms with Crippen LogP contribution in [0, 0.1) is 19.7 Å². The van der Waals surface area contributed by atoms with Crippen molar-refractivity contribution in [3.63, 3.8) is 0 Å². The number of likely N-dealkylation sites (N-methyl/N-ethyl adjacent to an activating group) is 1. The fraction of sp³-hybridized carbons (Fsp3) is 0.259. The van der Waals surface area contributed by atoms with Gasteiger partial charge >= 0.3 is 0 Å². The predicted octanol–water partition coefficient (Wildman–Crippen LogP) is 3.80. The van der Waals surface area contributed by atoms with Gasteiger partial charge < -0.3 is 10.2 Å². The number of benzene rings is 3. The first-order chi connectivity index (χ1) is 17.0. The van der Waals surface area contributed by atoms with Crippen LogP contribution in [0.2, 0.25) is 0 Å². The first-order valence-electron chi connectivity index (χ1n) is 11.4. The maximum absolute atomic E-state index is 13.7. The number of rotatable bonds is 9. The van der Waals surface area contributed by atoms with Gasteiger partial charge in [0.15, 0.2) is 0 Å². The number of carbonyl (C=O) groups excluding carboxylic acids is 2. The second kappa shape index (κ2) is 11.3. The maximum atomic E-state index is 13.7. The van der Waals surface area contributed by atoms with Crippen molar-refractivity contribution < 1.29 is 22.4 Å². The van der Waals surface area contributed by atoms with Gasteiger partial charge in [0.25, 0.3) is 10.0 Å². The topological polar surface area (TPSA) is 86.8 Å². The molecule has 9 heteroatoms. The largest absolute Gasteiger partial charge is 0.357 e. The van der Waals surface area contributed by atoms with Crippen molar-refractivity contribution in [2.24, 2.45) is 0 Å². The number of halogens is 1. The van der Waals surface area contributed by atoms with E-state index in [1.807, 2.05) is 13.8 Å². The molecule has 0 aliphatic heterocycles. The van der Waals surface area contributed by atoms with Gasteiger partial charge in [-0.15, -0.1) is 0 Å². The summed E-state index contributed by atoms with van der Waals surface area (Å²) in [6.07, 6.45) is 0. The Morgan fingerprint density at radius 3 is 2.17 bits per heavy atom. The Morgan fingerprint density at radius 1 is 0.944 bits per heavy atom. The molecule has 0 aromatic heterocycles. The normalized spacial score (nSPS) is 12.0. The molecule has 1 atom stereocenters. The Hall–Kier alpha value is -3.72. The Balaban J connectivity index is 2.04.